The average molecular weight is 278 g/mol. The number of halogens is 1. The van der Waals surface area contributed by atoms with Gasteiger partial charge in [-0.15, -0.1) is 0 Å². The van der Waals surface area contributed by atoms with Gasteiger partial charge in [-0.2, -0.15) is 5.10 Å². The van der Waals surface area contributed by atoms with E-state index in [-0.39, 0.29) is 18.3 Å². The molecule has 2 aromatic rings. The van der Waals surface area contributed by atoms with Crippen LogP contribution in [0, 0.1) is 15.9 Å². The van der Waals surface area contributed by atoms with Crippen molar-refractivity contribution in [1.82, 2.24) is 15.1 Å². The molecule has 106 valence electrons. The van der Waals surface area contributed by atoms with Gasteiger partial charge in [0.2, 0.25) is 0 Å². The summed E-state index contributed by atoms with van der Waals surface area (Å²) >= 11 is 0. The molecule has 0 fully saturated rings. The van der Waals surface area contributed by atoms with Gasteiger partial charge in [-0.3, -0.25) is 14.8 Å². The lowest BCUT2D eigenvalue weighted by atomic mass is 10.2. The number of non-ortho nitro benzene ring substituents is 1. The Morgan fingerprint density at radius 3 is 2.90 bits per heavy atom. The molecule has 1 aromatic carbocycles. The molecule has 0 amide bonds. The second-order valence-electron chi connectivity index (χ2n) is 4.56. The first-order chi connectivity index (χ1) is 9.49. The van der Waals surface area contributed by atoms with Crippen molar-refractivity contribution in [2.24, 2.45) is 0 Å². The molecule has 20 heavy (non-hydrogen) atoms. The number of aromatic nitrogens is 2. The zero-order chi connectivity index (χ0) is 14.7. The van der Waals surface area contributed by atoms with Crippen LogP contribution in [0.15, 0.2) is 30.6 Å². The number of nitrogens with one attached hydrogen (secondary N) is 1. The van der Waals surface area contributed by atoms with E-state index in [1.807, 2.05) is 20.2 Å². The topological polar surface area (TPSA) is 73.0 Å². The summed E-state index contributed by atoms with van der Waals surface area (Å²) in [6.07, 6.45) is 3.55. The zero-order valence-corrected chi connectivity index (χ0v) is 11.2. The summed E-state index contributed by atoms with van der Waals surface area (Å²) in [4.78, 5) is 10.1. The Balaban J connectivity index is 2.21. The Bertz CT molecular complexity index is 627. The van der Waals surface area contributed by atoms with E-state index >= 15 is 0 Å². The van der Waals surface area contributed by atoms with Gasteiger partial charge >= 0.3 is 0 Å². The SMILES string of the molecule is CNC(C)c1cnn(Cc2cc(F)cc([N+](=O)[O-])c2)c1. The van der Waals surface area contributed by atoms with Gasteiger partial charge in [0.05, 0.1) is 23.7 Å². The van der Waals surface area contributed by atoms with Crippen molar-refractivity contribution >= 4 is 5.69 Å². The lowest BCUT2D eigenvalue weighted by molar-refractivity contribution is -0.385. The maximum Gasteiger partial charge on any atom is 0.272 e. The molecule has 0 saturated heterocycles. The number of hydrogen-bond donors (Lipinski definition) is 1. The van der Waals surface area contributed by atoms with Crippen molar-refractivity contribution in [1.29, 1.82) is 0 Å². The highest BCUT2D eigenvalue weighted by Crippen LogP contribution is 2.18. The van der Waals surface area contributed by atoms with Crippen LogP contribution in [-0.2, 0) is 6.54 Å². The Morgan fingerprint density at radius 1 is 1.50 bits per heavy atom. The van der Waals surface area contributed by atoms with Gasteiger partial charge in [-0.05, 0) is 25.6 Å². The first-order valence-corrected chi connectivity index (χ1v) is 6.13. The monoisotopic (exact) mass is 278 g/mol. The Hall–Kier alpha value is -2.28. The van der Waals surface area contributed by atoms with E-state index < -0.39 is 10.7 Å². The number of hydrogen-bond acceptors (Lipinski definition) is 4. The fraction of sp³-hybridized carbons (Fsp3) is 0.308. The molecule has 0 radical (unpaired) electrons. The van der Waals surface area contributed by atoms with Crippen LogP contribution >= 0.6 is 0 Å². The highest BCUT2D eigenvalue weighted by molar-refractivity contribution is 5.35. The van der Waals surface area contributed by atoms with E-state index in [1.54, 1.807) is 10.9 Å². The Morgan fingerprint density at radius 2 is 2.25 bits per heavy atom. The first kappa shape index (κ1) is 14.1. The Labute approximate surface area is 115 Å². The lowest BCUT2D eigenvalue weighted by Crippen LogP contribution is -2.11. The molecule has 0 spiro atoms. The third-order valence-electron chi connectivity index (χ3n) is 3.08. The minimum absolute atomic E-state index is 0.158. The van der Waals surface area contributed by atoms with Crippen molar-refractivity contribution in [2.75, 3.05) is 7.05 Å². The van der Waals surface area contributed by atoms with Gasteiger partial charge < -0.3 is 5.32 Å². The van der Waals surface area contributed by atoms with Crippen LogP contribution in [0.2, 0.25) is 0 Å². The molecule has 0 aliphatic carbocycles. The van der Waals surface area contributed by atoms with Crippen molar-refractivity contribution in [3.8, 4) is 0 Å². The predicted octanol–water partition coefficient (Wildman–Crippen LogP) is 2.26. The van der Waals surface area contributed by atoms with Crippen molar-refractivity contribution < 1.29 is 9.31 Å². The molecule has 0 bridgehead atoms. The molecule has 0 aliphatic heterocycles. The minimum Gasteiger partial charge on any atom is -0.313 e. The molecular weight excluding hydrogens is 263 g/mol. The van der Waals surface area contributed by atoms with Gasteiger partial charge in [0, 0.05) is 23.9 Å². The van der Waals surface area contributed by atoms with Crippen LogP contribution in [0.3, 0.4) is 0 Å². The molecule has 1 unspecified atom stereocenters. The molecule has 1 aromatic heterocycles. The van der Waals surface area contributed by atoms with Gasteiger partial charge in [-0.1, -0.05) is 0 Å². The van der Waals surface area contributed by atoms with Gasteiger partial charge in [0.1, 0.15) is 5.82 Å². The smallest absolute Gasteiger partial charge is 0.272 e. The van der Waals surface area contributed by atoms with E-state index in [2.05, 4.69) is 10.4 Å². The molecule has 6 nitrogen and oxygen atoms in total. The van der Waals surface area contributed by atoms with Gasteiger partial charge in [0.25, 0.3) is 5.69 Å². The predicted molar refractivity (Wildman–Crippen MR) is 71.9 cm³/mol. The molecule has 2 rings (SSSR count). The number of benzene rings is 1. The highest BCUT2D eigenvalue weighted by Gasteiger charge is 2.11. The van der Waals surface area contributed by atoms with Gasteiger partial charge in [-0.25, -0.2) is 4.39 Å². The second kappa shape index (κ2) is 5.79. The van der Waals surface area contributed by atoms with E-state index in [1.165, 1.54) is 12.1 Å². The van der Waals surface area contributed by atoms with Crippen LogP contribution in [0.1, 0.15) is 24.1 Å². The first-order valence-electron chi connectivity index (χ1n) is 6.13. The van der Waals surface area contributed by atoms with Crippen LogP contribution in [0.5, 0.6) is 0 Å². The minimum atomic E-state index is -0.620. The van der Waals surface area contributed by atoms with Crippen LogP contribution in [-0.4, -0.2) is 21.8 Å². The van der Waals surface area contributed by atoms with Crippen molar-refractivity contribution in [3.05, 3.63) is 57.7 Å². The average Bonchev–Trinajstić information content (AvgIpc) is 2.85. The van der Waals surface area contributed by atoms with E-state index in [0.29, 0.717) is 5.56 Å². The lowest BCUT2D eigenvalue weighted by Gasteiger charge is -2.06. The zero-order valence-electron chi connectivity index (χ0n) is 11.2. The number of nitro benzene ring substituents is 1. The largest absolute Gasteiger partial charge is 0.313 e. The molecule has 0 saturated carbocycles. The van der Waals surface area contributed by atoms with E-state index in [0.717, 1.165) is 11.6 Å². The number of nitrogens with zero attached hydrogens (tertiary/aromatic N) is 3. The third-order valence-corrected chi connectivity index (χ3v) is 3.08. The fourth-order valence-corrected chi connectivity index (χ4v) is 1.87. The molecule has 7 heteroatoms. The Kier molecular flexibility index (Phi) is 4.09. The van der Waals surface area contributed by atoms with E-state index in [9.17, 15) is 14.5 Å². The molecule has 1 N–H and O–H groups in total. The summed E-state index contributed by atoms with van der Waals surface area (Å²) in [7, 11) is 1.85. The van der Waals surface area contributed by atoms with Crippen LogP contribution in [0.25, 0.3) is 0 Å². The third kappa shape index (κ3) is 3.18. The summed E-state index contributed by atoms with van der Waals surface area (Å²) in [5.41, 5.74) is 1.25. The van der Waals surface area contributed by atoms with E-state index in [4.69, 9.17) is 0 Å². The normalized spacial score (nSPS) is 12.3. The second-order valence-corrected chi connectivity index (χ2v) is 4.56. The standard InChI is InChI=1S/C13H15FN4O2/c1-9(15-2)11-6-16-17(8-11)7-10-3-12(14)5-13(4-10)18(19)20/h3-6,8-9,15H,7H2,1-2H3. The molecular formula is C13H15FN4O2. The summed E-state index contributed by atoms with van der Waals surface area (Å²) < 4.78 is 15.0. The summed E-state index contributed by atoms with van der Waals surface area (Å²) in [5, 5.41) is 18.0. The molecule has 1 atom stereocenters. The molecule has 0 aliphatic rings. The van der Waals surface area contributed by atoms with Crippen molar-refractivity contribution in [2.45, 2.75) is 19.5 Å². The van der Waals surface area contributed by atoms with Gasteiger partial charge in [0.15, 0.2) is 0 Å². The quantitative estimate of drug-likeness (QED) is 0.672. The highest BCUT2D eigenvalue weighted by atomic mass is 19.1. The fourth-order valence-electron chi connectivity index (χ4n) is 1.87. The number of rotatable bonds is 5. The van der Waals surface area contributed by atoms with Crippen molar-refractivity contribution in [3.63, 3.8) is 0 Å². The van der Waals surface area contributed by atoms with Crippen LogP contribution in [0.4, 0.5) is 10.1 Å². The summed E-state index contributed by atoms with van der Waals surface area (Å²) in [5.74, 6) is -0.620. The summed E-state index contributed by atoms with van der Waals surface area (Å²) in [6.45, 7) is 2.28. The molecule has 1 heterocycles. The summed E-state index contributed by atoms with van der Waals surface area (Å²) in [6, 6.07) is 3.69. The number of nitro groups is 1. The maximum absolute atomic E-state index is 13.3. The van der Waals surface area contributed by atoms with Crippen LogP contribution < -0.4 is 5.32 Å². The maximum atomic E-state index is 13.3.